The van der Waals surface area contributed by atoms with Gasteiger partial charge in [0.25, 0.3) is 0 Å². The van der Waals surface area contributed by atoms with Gasteiger partial charge in [-0.3, -0.25) is 0 Å². The Balaban J connectivity index is 1.65. The Morgan fingerprint density at radius 3 is 2.50 bits per heavy atom. The summed E-state index contributed by atoms with van der Waals surface area (Å²) >= 11 is 0. The normalized spacial score (nSPS) is 15.3. The van der Waals surface area contributed by atoms with Crippen LogP contribution in [0.2, 0.25) is 0 Å². The molecule has 5 nitrogen and oxygen atoms in total. The van der Waals surface area contributed by atoms with Crippen LogP contribution in [0.15, 0.2) is 42.5 Å². The van der Waals surface area contributed by atoms with E-state index in [4.69, 9.17) is 10.1 Å². The van der Waals surface area contributed by atoms with E-state index < -0.39 is 6.09 Å². The molecule has 0 spiro atoms. The number of aromatic nitrogens is 1. The maximum atomic E-state index is 10.6. The summed E-state index contributed by atoms with van der Waals surface area (Å²) in [4.78, 5) is 17.8. The molecule has 1 aromatic carbocycles. The third-order valence-electron chi connectivity index (χ3n) is 5.09. The number of amides is 1. The van der Waals surface area contributed by atoms with Gasteiger partial charge in [0, 0.05) is 25.2 Å². The molecule has 0 bridgehead atoms. The van der Waals surface area contributed by atoms with Gasteiger partial charge in [-0.05, 0) is 42.4 Å². The third kappa shape index (κ3) is 4.54. The van der Waals surface area contributed by atoms with Gasteiger partial charge in [0.2, 0.25) is 0 Å². The molecule has 0 unspecified atom stereocenters. The highest BCUT2D eigenvalue weighted by atomic mass is 16.4. The molecule has 0 atom stereocenters. The van der Waals surface area contributed by atoms with Crippen LogP contribution in [-0.2, 0) is 0 Å². The second-order valence-corrected chi connectivity index (χ2v) is 7.27. The van der Waals surface area contributed by atoms with Gasteiger partial charge >= 0.3 is 6.09 Å². The van der Waals surface area contributed by atoms with Crippen LogP contribution in [0.3, 0.4) is 0 Å². The predicted molar refractivity (Wildman–Crippen MR) is 105 cm³/mol. The Labute approximate surface area is 155 Å². The van der Waals surface area contributed by atoms with Gasteiger partial charge in [0.1, 0.15) is 5.82 Å². The van der Waals surface area contributed by atoms with Crippen LogP contribution in [0.5, 0.6) is 0 Å². The molecule has 1 aliphatic heterocycles. The van der Waals surface area contributed by atoms with E-state index in [2.05, 4.69) is 66.5 Å². The molecule has 1 aliphatic rings. The lowest BCUT2D eigenvalue weighted by Gasteiger charge is -2.32. The molecule has 5 heteroatoms. The average molecular weight is 353 g/mol. The van der Waals surface area contributed by atoms with E-state index in [1.807, 2.05) is 0 Å². The van der Waals surface area contributed by atoms with Crippen LogP contribution in [0, 0.1) is 5.92 Å². The van der Waals surface area contributed by atoms with Crippen molar-refractivity contribution in [2.24, 2.45) is 5.92 Å². The molecule has 26 heavy (non-hydrogen) atoms. The average Bonchev–Trinajstić information content (AvgIpc) is 2.67. The lowest BCUT2D eigenvalue weighted by molar-refractivity contribution is 0.191. The first-order chi connectivity index (χ1) is 12.5. The SMILES string of the molecule is CC(C)c1ccc(-c2cccc(N3CCC(CNC(=O)O)CC3)n2)cc1. The van der Waals surface area contributed by atoms with Crippen molar-refractivity contribution < 1.29 is 9.90 Å². The zero-order chi connectivity index (χ0) is 18.5. The highest BCUT2D eigenvalue weighted by Crippen LogP contribution is 2.26. The minimum Gasteiger partial charge on any atom is -0.465 e. The number of nitrogens with zero attached hydrogens (tertiary/aromatic N) is 2. The van der Waals surface area contributed by atoms with Crippen molar-refractivity contribution in [3.63, 3.8) is 0 Å². The molecule has 0 radical (unpaired) electrons. The molecule has 1 fully saturated rings. The summed E-state index contributed by atoms with van der Waals surface area (Å²) < 4.78 is 0. The van der Waals surface area contributed by atoms with Crippen LogP contribution in [0.25, 0.3) is 11.3 Å². The van der Waals surface area contributed by atoms with E-state index in [0.717, 1.165) is 43.0 Å². The lowest BCUT2D eigenvalue weighted by Crippen LogP contribution is -2.38. The number of rotatable bonds is 5. The first kappa shape index (κ1) is 18.2. The molecular weight excluding hydrogens is 326 g/mol. The Morgan fingerprint density at radius 1 is 1.19 bits per heavy atom. The van der Waals surface area contributed by atoms with Gasteiger partial charge in [0.05, 0.1) is 5.69 Å². The number of nitrogens with one attached hydrogen (secondary N) is 1. The summed E-state index contributed by atoms with van der Waals surface area (Å²) in [7, 11) is 0. The predicted octanol–water partition coefficient (Wildman–Crippen LogP) is 4.36. The summed E-state index contributed by atoms with van der Waals surface area (Å²) in [5.74, 6) is 1.94. The van der Waals surface area contributed by atoms with E-state index in [1.54, 1.807) is 0 Å². The Bertz CT molecular complexity index is 735. The molecule has 2 heterocycles. The fourth-order valence-corrected chi connectivity index (χ4v) is 3.40. The standard InChI is InChI=1S/C21H27N3O2/c1-15(2)17-6-8-18(9-7-17)19-4-3-5-20(23-19)24-12-10-16(11-13-24)14-22-21(25)26/h3-9,15-16,22H,10-14H2,1-2H3,(H,25,26). The summed E-state index contributed by atoms with van der Waals surface area (Å²) in [5.41, 5.74) is 3.46. The van der Waals surface area contributed by atoms with E-state index in [-0.39, 0.29) is 0 Å². The fourth-order valence-electron chi connectivity index (χ4n) is 3.40. The van der Waals surface area contributed by atoms with Gasteiger partial charge in [-0.25, -0.2) is 9.78 Å². The maximum absolute atomic E-state index is 10.6. The van der Waals surface area contributed by atoms with Crippen molar-refractivity contribution in [2.75, 3.05) is 24.5 Å². The van der Waals surface area contributed by atoms with E-state index in [0.29, 0.717) is 18.4 Å². The van der Waals surface area contributed by atoms with Crippen molar-refractivity contribution in [3.8, 4) is 11.3 Å². The van der Waals surface area contributed by atoms with Gasteiger partial charge in [-0.1, -0.05) is 44.2 Å². The van der Waals surface area contributed by atoms with E-state index in [9.17, 15) is 4.79 Å². The number of benzene rings is 1. The van der Waals surface area contributed by atoms with Crippen LogP contribution in [0.1, 0.15) is 38.2 Å². The largest absolute Gasteiger partial charge is 0.465 e. The van der Waals surface area contributed by atoms with Gasteiger partial charge in [-0.2, -0.15) is 0 Å². The first-order valence-corrected chi connectivity index (χ1v) is 9.32. The number of carboxylic acid groups (broad SMARTS) is 1. The van der Waals surface area contributed by atoms with Crippen molar-refractivity contribution in [1.82, 2.24) is 10.3 Å². The Hall–Kier alpha value is -2.56. The van der Waals surface area contributed by atoms with Gasteiger partial charge < -0.3 is 15.3 Å². The summed E-state index contributed by atoms with van der Waals surface area (Å²) in [6.07, 6.45) is 1.02. The zero-order valence-corrected chi connectivity index (χ0v) is 15.5. The Morgan fingerprint density at radius 2 is 1.88 bits per heavy atom. The molecule has 1 aromatic heterocycles. The highest BCUT2D eigenvalue weighted by molar-refractivity contribution is 5.64. The minimum atomic E-state index is -0.940. The second-order valence-electron chi connectivity index (χ2n) is 7.27. The number of piperidine rings is 1. The number of carbonyl (C=O) groups is 1. The van der Waals surface area contributed by atoms with Crippen LogP contribution in [-0.4, -0.2) is 35.8 Å². The van der Waals surface area contributed by atoms with Gasteiger partial charge in [-0.15, -0.1) is 0 Å². The van der Waals surface area contributed by atoms with Crippen molar-refractivity contribution in [3.05, 3.63) is 48.0 Å². The Kier molecular flexibility index (Phi) is 5.76. The van der Waals surface area contributed by atoms with E-state index in [1.165, 1.54) is 5.56 Å². The maximum Gasteiger partial charge on any atom is 0.404 e. The topological polar surface area (TPSA) is 65.5 Å². The molecule has 2 N–H and O–H groups in total. The summed E-state index contributed by atoms with van der Waals surface area (Å²) in [6.45, 7) is 6.76. The van der Waals surface area contributed by atoms with Crippen LogP contribution < -0.4 is 10.2 Å². The van der Waals surface area contributed by atoms with E-state index >= 15 is 0 Å². The zero-order valence-electron chi connectivity index (χ0n) is 15.5. The number of anilines is 1. The molecule has 1 saturated heterocycles. The number of hydrogen-bond acceptors (Lipinski definition) is 3. The molecular formula is C21H27N3O2. The molecule has 0 aliphatic carbocycles. The molecule has 0 saturated carbocycles. The molecule has 138 valence electrons. The molecule has 1 amide bonds. The summed E-state index contributed by atoms with van der Waals surface area (Å²) in [5, 5.41) is 11.2. The summed E-state index contributed by atoms with van der Waals surface area (Å²) in [6, 6.07) is 14.8. The number of hydrogen-bond donors (Lipinski definition) is 2. The first-order valence-electron chi connectivity index (χ1n) is 9.32. The third-order valence-corrected chi connectivity index (χ3v) is 5.09. The van der Waals surface area contributed by atoms with Crippen molar-refractivity contribution >= 4 is 11.9 Å². The molecule has 2 aromatic rings. The second kappa shape index (κ2) is 8.21. The van der Waals surface area contributed by atoms with Crippen molar-refractivity contribution in [2.45, 2.75) is 32.6 Å². The number of pyridine rings is 1. The fraction of sp³-hybridized carbons (Fsp3) is 0.429. The van der Waals surface area contributed by atoms with Gasteiger partial charge in [0.15, 0.2) is 0 Å². The van der Waals surface area contributed by atoms with Crippen molar-refractivity contribution in [1.29, 1.82) is 0 Å². The lowest BCUT2D eigenvalue weighted by atomic mass is 9.97. The monoisotopic (exact) mass is 353 g/mol. The quantitative estimate of drug-likeness (QED) is 0.838. The van der Waals surface area contributed by atoms with Crippen LogP contribution in [0.4, 0.5) is 10.6 Å². The highest BCUT2D eigenvalue weighted by Gasteiger charge is 2.20. The van der Waals surface area contributed by atoms with Crippen LogP contribution >= 0.6 is 0 Å². The molecule has 3 rings (SSSR count). The smallest absolute Gasteiger partial charge is 0.404 e. The minimum absolute atomic E-state index is 0.411.